The lowest BCUT2D eigenvalue weighted by Gasteiger charge is -2.20. The Morgan fingerprint density at radius 3 is 2.44 bits per heavy atom. The molecule has 0 bridgehead atoms. The summed E-state index contributed by atoms with van der Waals surface area (Å²) >= 11 is 1.54. The minimum atomic E-state index is -0.122. The second-order valence-corrected chi connectivity index (χ2v) is 9.10. The highest BCUT2D eigenvalue weighted by Crippen LogP contribution is 2.34. The van der Waals surface area contributed by atoms with Gasteiger partial charge in [0.2, 0.25) is 0 Å². The molecule has 5 rings (SSSR count). The van der Waals surface area contributed by atoms with Crippen molar-refractivity contribution in [2.45, 2.75) is 20.4 Å². The number of aromatic nitrogens is 2. The van der Waals surface area contributed by atoms with Crippen LogP contribution in [-0.2, 0) is 6.54 Å². The van der Waals surface area contributed by atoms with E-state index in [9.17, 15) is 4.79 Å². The third-order valence-corrected chi connectivity index (χ3v) is 6.66. The van der Waals surface area contributed by atoms with Gasteiger partial charge in [-0.25, -0.2) is 4.98 Å². The number of nitrogens with zero attached hydrogens (tertiary/aromatic N) is 3. The van der Waals surface area contributed by atoms with E-state index in [0.29, 0.717) is 23.0 Å². The summed E-state index contributed by atoms with van der Waals surface area (Å²) in [5.41, 5.74) is 4.73. The van der Waals surface area contributed by atoms with E-state index in [1.807, 2.05) is 54.6 Å². The predicted octanol–water partition coefficient (Wildman–Crippen LogP) is 6.95. The summed E-state index contributed by atoms with van der Waals surface area (Å²) in [6.07, 6.45) is 3.50. The third kappa shape index (κ3) is 4.67. The number of ether oxygens (including phenoxy) is 1. The number of para-hydroxylation sites is 1. The number of thiazole rings is 1. The monoisotopic (exact) mass is 465 g/mol. The number of carbonyl (C=O) groups is 1. The number of rotatable bonds is 6. The van der Waals surface area contributed by atoms with Gasteiger partial charge in [-0.2, -0.15) is 0 Å². The van der Waals surface area contributed by atoms with Gasteiger partial charge in [0.15, 0.2) is 5.13 Å². The predicted molar refractivity (Wildman–Crippen MR) is 137 cm³/mol. The fourth-order valence-electron chi connectivity index (χ4n) is 3.83. The Kier molecular flexibility index (Phi) is 6.06. The maximum atomic E-state index is 13.7. The Labute approximate surface area is 202 Å². The lowest BCUT2D eigenvalue weighted by Crippen LogP contribution is -2.30. The lowest BCUT2D eigenvalue weighted by molar-refractivity contribution is 0.0985. The number of hydrogen-bond donors (Lipinski definition) is 0. The third-order valence-electron chi connectivity index (χ3n) is 5.43. The molecule has 0 saturated carbocycles. The van der Waals surface area contributed by atoms with E-state index in [1.165, 1.54) is 11.3 Å². The fourth-order valence-corrected chi connectivity index (χ4v) is 4.84. The maximum absolute atomic E-state index is 13.7. The molecule has 0 aliphatic rings. The van der Waals surface area contributed by atoms with Gasteiger partial charge in [-0.15, -0.1) is 0 Å². The molecule has 0 N–H and O–H groups in total. The van der Waals surface area contributed by atoms with Crippen LogP contribution in [0.1, 0.15) is 27.0 Å². The second-order valence-electron chi connectivity index (χ2n) is 8.12. The van der Waals surface area contributed by atoms with E-state index in [0.717, 1.165) is 32.7 Å². The molecule has 0 aliphatic carbocycles. The molecule has 3 aromatic carbocycles. The normalized spacial score (nSPS) is 10.9. The van der Waals surface area contributed by atoms with Crippen molar-refractivity contribution in [3.63, 3.8) is 0 Å². The van der Waals surface area contributed by atoms with Gasteiger partial charge in [-0.1, -0.05) is 41.7 Å². The van der Waals surface area contributed by atoms with Crippen LogP contribution < -0.4 is 9.64 Å². The lowest BCUT2D eigenvalue weighted by atomic mass is 10.1. The Bertz CT molecular complexity index is 1430. The first-order chi connectivity index (χ1) is 16.6. The van der Waals surface area contributed by atoms with Crippen LogP contribution >= 0.6 is 11.3 Å². The molecule has 5 aromatic rings. The highest BCUT2D eigenvalue weighted by Gasteiger charge is 2.22. The van der Waals surface area contributed by atoms with Crippen LogP contribution in [0, 0.1) is 13.8 Å². The first kappa shape index (κ1) is 21.8. The Morgan fingerprint density at radius 1 is 0.941 bits per heavy atom. The fraction of sp³-hybridized carbons (Fsp3) is 0.107. The summed E-state index contributed by atoms with van der Waals surface area (Å²) in [4.78, 5) is 24.4. The van der Waals surface area contributed by atoms with E-state index < -0.39 is 0 Å². The number of aryl methyl sites for hydroxylation is 2. The molecule has 5 nitrogen and oxygen atoms in total. The van der Waals surface area contributed by atoms with E-state index >= 15 is 0 Å². The van der Waals surface area contributed by atoms with Crippen LogP contribution in [0.4, 0.5) is 5.13 Å². The summed E-state index contributed by atoms with van der Waals surface area (Å²) in [7, 11) is 0. The van der Waals surface area contributed by atoms with E-state index in [-0.39, 0.29) is 5.91 Å². The van der Waals surface area contributed by atoms with Gasteiger partial charge in [-0.05, 0) is 79.1 Å². The van der Waals surface area contributed by atoms with Gasteiger partial charge in [-0.3, -0.25) is 14.7 Å². The highest BCUT2D eigenvalue weighted by atomic mass is 32.1. The van der Waals surface area contributed by atoms with Crippen molar-refractivity contribution in [2.75, 3.05) is 4.90 Å². The largest absolute Gasteiger partial charge is 0.457 e. The van der Waals surface area contributed by atoms with Crippen molar-refractivity contribution in [3.8, 4) is 11.5 Å². The summed E-state index contributed by atoms with van der Waals surface area (Å²) in [5, 5.41) is 0.669. The molecule has 34 heavy (non-hydrogen) atoms. The zero-order valence-corrected chi connectivity index (χ0v) is 19.8. The quantitative estimate of drug-likeness (QED) is 0.272. The molecule has 1 amide bonds. The molecule has 0 spiro atoms. The molecule has 0 aliphatic heterocycles. The summed E-state index contributed by atoms with van der Waals surface area (Å²) in [6, 6.07) is 24.8. The summed E-state index contributed by atoms with van der Waals surface area (Å²) in [5.74, 6) is 1.30. The van der Waals surface area contributed by atoms with Crippen LogP contribution in [0.3, 0.4) is 0 Å². The van der Waals surface area contributed by atoms with Crippen molar-refractivity contribution < 1.29 is 9.53 Å². The van der Waals surface area contributed by atoms with Crippen LogP contribution in [0.2, 0.25) is 0 Å². The minimum absolute atomic E-state index is 0.122. The average Bonchev–Trinajstić information content (AvgIpc) is 3.28. The van der Waals surface area contributed by atoms with E-state index in [1.54, 1.807) is 29.4 Å². The highest BCUT2D eigenvalue weighted by molar-refractivity contribution is 7.22. The Hall–Kier alpha value is -4.03. The Morgan fingerprint density at radius 2 is 1.71 bits per heavy atom. The number of amides is 1. The summed E-state index contributed by atoms with van der Waals surface area (Å²) in [6.45, 7) is 4.52. The molecule has 0 radical (unpaired) electrons. The van der Waals surface area contributed by atoms with Crippen molar-refractivity contribution in [1.82, 2.24) is 9.97 Å². The summed E-state index contributed by atoms with van der Waals surface area (Å²) < 4.78 is 6.97. The van der Waals surface area contributed by atoms with Gasteiger partial charge in [0, 0.05) is 18.0 Å². The maximum Gasteiger partial charge on any atom is 0.260 e. The number of benzene rings is 3. The van der Waals surface area contributed by atoms with Gasteiger partial charge in [0.05, 0.1) is 16.8 Å². The van der Waals surface area contributed by atoms with Crippen LogP contribution in [0.5, 0.6) is 11.5 Å². The molecule has 0 saturated heterocycles. The van der Waals surface area contributed by atoms with Crippen LogP contribution in [-0.4, -0.2) is 15.9 Å². The molecule has 168 valence electrons. The topological polar surface area (TPSA) is 55.3 Å². The first-order valence-electron chi connectivity index (χ1n) is 11.0. The standard InChI is InChI=1S/C28H23N3O2S/c1-19-15-20(2)26-25(16-19)30-28(34-26)31(18-21-7-6-14-29-17-21)27(32)22-10-12-24(13-11-22)33-23-8-4-3-5-9-23/h3-17H,18H2,1-2H3. The zero-order valence-electron chi connectivity index (χ0n) is 18.9. The first-order valence-corrected chi connectivity index (χ1v) is 11.8. The number of fused-ring (bicyclic) bond motifs is 1. The van der Waals surface area contributed by atoms with Crippen molar-refractivity contribution in [2.24, 2.45) is 0 Å². The average molecular weight is 466 g/mol. The number of hydrogen-bond acceptors (Lipinski definition) is 5. The van der Waals surface area contributed by atoms with Crippen LogP contribution in [0.25, 0.3) is 10.2 Å². The Balaban J connectivity index is 1.47. The second kappa shape index (κ2) is 9.45. The minimum Gasteiger partial charge on any atom is -0.457 e. The molecule has 0 atom stereocenters. The van der Waals surface area contributed by atoms with Crippen molar-refractivity contribution in [3.05, 3.63) is 114 Å². The smallest absolute Gasteiger partial charge is 0.260 e. The number of pyridine rings is 1. The number of carbonyl (C=O) groups excluding carboxylic acids is 1. The van der Waals surface area contributed by atoms with Gasteiger partial charge >= 0.3 is 0 Å². The van der Waals surface area contributed by atoms with Gasteiger partial charge < -0.3 is 4.74 Å². The molecular formula is C28H23N3O2S. The molecule has 0 unspecified atom stereocenters. The van der Waals surface area contributed by atoms with Gasteiger partial charge in [0.25, 0.3) is 5.91 Å². The molecule has 6 heteroatoms. The molecule has 2 heterocycles. The number of anilines is 1. The van der Waals surface area contributed by atoms with Crippen LogP contribution in [0.15, 0.2) is 91.3 Å². The van der Waals surface area contributed by atoms with E-state index in [4.69, 9.17) is 9.72 Å². The van der Waals surface area contributed by atoms with Crippen molar-refractivity contribution >= 4 is 32.6 Å². The molecular weight excluding hydrogens is 442 g/mol. The SMILES string of the molecule is Cc1cc(C)c2sc(N(Cc3cccnc3)C(=O)c3ccc(Oc4ccccc4)cc3)nc2c1. The zero-order chi connectivity index (χ0) is 23.5. The molecule has 0 fully saturated rings. The van der Waals surface area contributed by atoms with E-state index in [2.05, 4.69) is 31.0 Å². The molecule has 2 aromatic heterocycles. The van der Waals surface area contributed by atoms with Gasteiger partial charge in [0.1, 0.15) is 11.5 Å². The van der Waals surface area contributed by atoms with Crippen molar-refractivity contribution in [1.29, 1.82) is 0 Å².